The van der Waals surface area contributed by atoms with Crippen molar-refractivity contribution < 1.29 is 18.7 Å². The molecule has 6 nitrogen and oxygen atoms in total. The van der Waals surface area contributed by atoms with E-state index in [2.05, 4.69) is 4.57 Å². The van der Waals surface area contributed by atoms with Crippen molar-refractivity contribution in [2.75, 3.05) is 19.7 Å². The van der Waals surface area contributed by atoms with Crippen LogP contribution in [0.2, 0.25) is 0 Å². The van der Waals surface area contributed by atoms with Crippen molar-refractivity contribution in [3.8, 4) is 5.75 Å². The van der Waals surface area contributed by atoms with E-state index in [9.17, 15) is 14.0 Å². The first-order valence-corrected chi connectivity index (χ1v) is 11.1. The number of carbonyl (C=O) groups is 2. The van der Waals surface area contributed by atoms with Gasteiger partial charge in [-0.05, 0) is 55.8 Å². The molecule has 0 saturated carbocycles. The van der Waals surface area contributed by atoms with Crippen LogP contribution in [0.5, 0.6) is 5.75 Å². The second-order valence-corrected chi connectivity index (χ2v) is 8.39. The Morgan fingerprint density at radius 2 is 1.85 bits per heavy atom. The summed E-state index contributed by atoms with van der Waals surface area (Å²) < 4.78 is 21.7. The van der Waals surface area contributed by atoms with Crippen LogP contribution in [0.15, 0.2) is 72.9 Å². The number of hydrogen-bond donors (Lipinski definition) is 0. The second-order valence-electron chi connectivity index (χ2n) is 8.39. The minimum absolute atomic E-state index is 0.0683. The van der Waals surface area contributed by atoms with E-state index in [1.165, 1.54) is 17.0 Å². The molecule has 0 radical (unpaired) electrons. The van der Waals surface area contributed by atoms with Gasteiger partial charge in [-0.25, -0.2) is 4.39 Å². The molecule has 1 unspecified atom stereocenters. The Morgan fingerprint density at radius 1 is 1.06 bits per heavy atom. The monoisotopic (exact) mass is 449 g/mol. The Balaban J connectivity index is 1.52. The molecule has 1 aliphatic rings. The molecule has 33 heavy (non-hydrogen) atoms. The van der Waals surface area contributed by atoms with E-state index < -0.39 is 6.04 Å². The van der Waals surface area contributed by atoms with Crippen LogP contribution < -0.4 is 4.74 Å². The van der Waals surface area contributed by atoms with Gasteiger partial charge in [0.05, 0.1) is 6.04 Å². The second kappa shape index (κ2) is 9.90. The van der Waals surface area contributed by atoms with Gasteiger partial charge in [0.15, 0.2) is 6.61 Å². The number of halogens is 1. The van der Waals surface area contributed by atoms with Gasteiger partial charge < -0.3 is 19.1 Å². The number of nitrogens with zero attached hydrogens (tertiary/aromatic N) is 3. The van der Waals surface area contributed by atoms with E-state index in [4.69, 9.17) is 4.74 Å². The molecule has 2 aromatic carbocycles. The maximum absolute atomic E-state index is 14.0. The third-order valence-electron chi connectivity index (χ3n) is 5.88. The minimum Gasteiger partial charge on any atom is -0.484 e. The first-order chi connectivity index (χ1) is 15.9. The number of aromatic nitrogens is 1. The summed E-state index contributed by atoms with van der Waals surface area (Å²) in [6.07, 6.45) is 1.97. The number of para-hydroxylation sites is 1. The van der Waals surface area contributed by atoms with E-state index in [-0.39, 0.29) is 36.8 Å². The Kier molecular flexibility index (Phi) is 6.77. The van der Waals surface area contributed by atoms with E-state index in [1.54, 1.807) is 23.1 Å². The van der Waals surface area contributed by atoms with Crippen LogP contribution in [0.25, 0.3) is 0 Å². The van der Waals surface area contributed by atoms with Gasteiger partial charge in [-0.2, -0.15) is 0 Å². The third-order valence-corrected chi connectivity index (χ3v) is 5.88. The average molecular weight is 450 g/mol. The zero-order chi connectivity index (χ0) is 23.4. The lowest BCUT2D eigenvalue weighted by atomic mass is 9.99. The Bertz CT molecular complexity index is 1110. The fraction of sp³-hybridized carbons (Fsp3) is 0.308. The van der Waals surface area contributed by atoms with Crippen LogP contribution in [0, 0.1) is 5.82 Å². The smallest absolute Gasteiger partial charge is 0.261 e. The van der Waals surface area contributed by atoms with Gasteiger partial charge in [0.2, 0.25) is 5.91 Å². The summed E-state index contributed by atoms with van der Waals surface area (Å²) in [5.74, 6) is -0.187. The van der Waals surface area contributed by atoms with Crippen molar-refractivity contribution in [2.45, 2.75) is 32.5 Å². The zero-order valence-corrected chi connectivity index (χ0v) is 18.9. The molecule has 0 bridgehead atoms. The fourth-order valence-corrected chi connectivity index (χ4v) is 4.22. The molecule has 2 amide bonds. The summed E-state index contributed by atoms with van der Waals surface area (Å²) in [6.45, 7) is 4.65. The molecule has 2 heterocycles. The normalized spacial score (nSPS) is 15.3. The van der Waals surface area contributed by atoms with Gasteiger partial charge in [-0.3, -0.25) is 9.59 Å². The van der Waals surface area contributed by atoms with Crippen molar-refractivity contribution in [3.63, 3.8) is 0 Å². The first kappa shape index (κ1) is 22.6. The van der Waals surface area contributed by atoms with Crippen molar-refractivity contribution in [3.05, 3.63) is 90.0 Å². The molecule has 1 atom stereocenters. The van der Waals surface area contributed by atoms with Gasteiger partial charge in [0, 0.05) is 31.0 Å². The van der Waals surface area contributed by atoms with Crippen LogP contribution in [0.4, 0.5) is 4.39 Å². The predicted octanol–water partition coefficient (Wildman–Crippen LogP) is 3.87. The standard InChI is InChI=1S/C26H28FN3O3/c1-19(2)30(25(32)18-33-22-10-4-3-5-11-22)17-24(31)29-15-14-28-13-7-12-23(28)26(29)20-8-6-9-21(27)16-20/h3-13,16,19,26H,14-15,17-18H2,1-2H3. The summed E-state index contributed by atoms with van der Waals surface area (Å²) in [7, 11) is 0. The Morgan fingerprint density at radius 3 is 2.58 bits per heavy atom. The summed E-state index contributed by atoms with van der Waals surface area (Å²) in [5.41, 5.74) is 1.63. The maximum atomic E-state index is 14.0. The molecule has 0 saturated heterocycles. The molecule has 4 rings (SSSR count). The van der Waals surface area contributed by atoms with E-state index in [0.717, 1.165) is 5.69 Å². The molecule has 3 aromatic rings. The van der Waals surface area contributed by atoms with Crippen LogP contribution in [-0.4, -0.2) is 51.9 Å². The van der Waals surface area contributed by atoms with Crippen LogP contribution in [0.3, 0.4) is 0 Å². The number of hydrogen-bond acceptors (Lipinski definition) is 3. The van der Waals surface area contributed by atoms with Crippen molar-refractivity contribution in [1.29, 1.82) is 0 Å². The summed E-state index contributed by atoms with van der Waals surface area (Å²) in [6, 6.07) is 18.7. The SMILES string of the molecule is CC(C)N(CC(=O)N1CCn2cccc2C1c1cccc(F)c1)C(=O)COc1ccccc1. The number of ether oxygens (including phenoxy) is 1. The largest absolute Gasteiger partial charge is 0.484 e. The van der Waals surface area contributed by atoms with Crippen LogP contribution in [-0.2, 0) is 16.1 Å². The number of rotatable bonds is 7. The third kappa shape index (κ3) is 5.08. The van der Waals surface area contributed by atoms with Crippen molar-refractivity contribution >= 4 is 11.8 Å². The number of benzene rings is 2. The first-order valence-electron chi connectivity index (χ1n) is 11.1. The molecule has 7 heteroatoms. The highest BCUT2D eigenvalue weighted by molar-refractivity contribution is 5.86. The van der Waals surface area contributed by atoms with Gasteiger partial charge >= 0.3 is 0 Å². The maximum Gasteiger partial charge on any atom is 0.261 e. The molecular formula is C26H28FN3O3. The van der Waals surface area contributed by atoms with Crippen molar-refractivity contribution in [2.24, 2.45) is 0 Å². The average Bonchev–Trinajstić information content (AvgIpc) is 3.29. The quantitative estimate of drug-likeness (QED) is 0.550. The van der Waals surface area contributed by atoms with E-state index in [0.29, 0.717) is 24.4 Å². The topological polar surface area (TPSA) is 54.8 Å². The number of fused-ring (bicyclic) bond motifs is 1. The molecule has 0 fully saturated rings. The highest BCUT2D eigenvalue weighted by Gasteiger charge is 2.34. The fourth-order valence-electron chi connectivity index (χ4n) is 4.22. The zero-order valence-electron chi connectivity index (χ0n) is 18.9. The highest BCUT2D eigenvalue weighted by atomic mass is 19.1. The van der Waals surface area contributed by atoms with E-state index >= 15 is 0 Å². The summed E-state index contributed by atoms with van der Waals surface area (Å²) >= 11 is 0. The summed E-state index contributed by atoms with van der Waals surface area (Å²) in [4.78, 5) is 29.7. The minimum atomic E-state index is -0.415. The number of amides is 2. The molecule has 0 spiro atoms. The predicted molar refractivity (Wildman–Crippen MR) is 123 cm³/mol. The Hall–Kier alpha value is -3.61. The van der Waals surface area contributed by atoms with E-state index in [1.807, 2.05) is 56.4 Å². The van der Waals surface area contributed by atoms with Crippen molar-refractivity contribution in [1.82, 2.24) is 14.4 Å². The molecule has 0 aliphatic carbocycles. The van der Waals surface area contributed by atoms with Gasteiger partial charge in [0.25, 0.3) is 5.91 Å². The lowest BCUT2D eigenvalue weighted by Crippen LogP contribution is -2.50. The molecule has 0 N–H and O–H groups in total. The molecular weight excluding hydrogens is 421 g/mol. The summed E-state index contributed by atoms with van der Waals surface area (Å²) in [5, 5.41) is 0. The van der Waals surface area contributed by atoms with Gasteiger partial charge in [-0.1, -0.05) is 30.3 Å². The molecule has 1 aliphatic heterocycles. The van der Waals surface area contributed by atoms with Crippen LogP contribution in [0.1, 0.15) is 31.1 Å². The van der Waals surface area contributed by atoms with Crippen LogP contribution >= 0.6 is 0 Å². The number of carbonyl (C=O) groups excluding carboxylic acids is 2. The molecule has 1 aromatic heterocycles. The van der Waals surface area contributed by atoms with Gasteiger partial charge in [0.1, 0.15) is 18.1 Å². The van der Waals surface area contributed by atoms with Gasteiger partial charge in [-0.15, -0.1) is 0 Å². The Labute approximate surface area is 193 Å². The highest BCUT2D eigenvalue weighted by Crippen LogP contribution is 2.33. The lowest BCUT2D eigenvalue weighted by molar-refractivity contribution is -0.144. The lowest BCUT2D eigenvalue weighted by Gasteiger charge is -2.39. The molecule has 172 valence electrons.